The van der Waals surface area contributed by atoms with Crippen LogP contribution in [0.1, 0.15) is 37.5 Å². The molecule has 3 aromatic rings. The monoisotopic (exact) mass is 395 g/mol. The van der Waals surface area contributed by atoms with Crippen molar-refractivity contribution in [1.82, 2.24) is 9.97 Å². The molecule has 3 rings (SSSR count). The van der Waals surface area contributed by atoms with Crippen molar-refractivity contribution in [3.63, 3.8) is 0 Å². The third kappa shape index (κ3) is 4.31. The van der Waals surface area contributed by atoms with E-state index in [-0.39, 0.29) is 11.3 Å². The lowest BCUT2D eigenvalue weighted by atomic mass is 9.82. The van der Waals surface area contributed by atoms with Crippen LogP contribution in [-0.4, -0.2) is 17.1 Å². The topological polar surface area (TPSA) is 81.0 Å². The van der Waals surface area contributed by atoms with Crippen molar-refractivity contribution in [1.29, 1.82) is 0 Å². The Bertz CT molecular complexity index is 1070. The number of aromatic nitrogens is 2. The second-order valence-electron chi connectivity index (χ2n) is 8.06. The van der Waals surface area contributed by atoms with E-state index in [9.17, 15) is 4.79 Å². The Balaban J connectivity index is 2.15. The van der Waals surface area contributed by atoms with Gasteiger partial charge < -0.3 is 15.5 Å². The van der Waals surface area contributed by atoms with Crippen molar-refractivity contribution >= 4 is 5.69 Å². The molecule has 0 spiro atoms. The first-order chi connectivity index (χ1) is 13.7. The molecular formula is C23H26FN3O2. The van der Waals surface area contributed by atoms with Crippen LogP contribution < -0.4 is 16.0 Å². The van der Waals surface area contributed by atoms with Gasteiger partial charge in [-0.15, -0.1) is 0 Å². The molecule has 0 aliphatic carbocycles. The Kier molecular flexibility index (Phi) is 5.73. The van der Waals surface area contributed by atoms with Gasteiger partial charge in [-0.1, -0.05) is 32.9 Å². The number of nitrogen functional groups attached to an aromatic ring is 1. The summed E-state index contributed by atoms with van der Waals surface area (Å²) < 4.78 is 21.2. The van der Waals surface area contributed by atoms with Crippen LogP contribution in [0.3, 0.4) is 0 Å². The van der Waals surface area contributed by atoms with Crippen molar-refractivity contribution in [3.8, 4) is 17.0 Å². The van der Waals surface area contributed by atoms with E-state index in [1.807, 2.05) is 45.0 Å². The highest BCUT2D eigenvalue weighted by molar-refractivity contribution is 5.66. The van der Waals surface area contributed by atoms with E-state index in [0.29, 0.717) is 23.4 Å². The number of halogens is 1. The van der Waals surface area contributed by atoms with Gasteiger partial charge in [0.25, 0.3) is 5.56 Å². The second kappa shape index (κ2) is 8.07. The van der Waals surface area contributed by atoms with Crippen molar-refractivity contribution in [2.45, 2.75) is 39.0 Å². The molecule has 0 bridgehead atoms. The molecule has 0 radical (unpaired) electrons. The Morgan fingerprint density at radius 2 is 1.86 bits per heavy atom. The minimum atomic E-state index is -0.525. The molecule has 5 nitrogen and oxygen atoms in total. The van der Waals surface area contributed by atoms with Crippen LogP contribution in [-0.2, 0) is 18.3 Å². The maximum absolute atomic E-state index is 15.6. The number of anilines is 1. The summed E-state index contributed by atoms with van der Waals surface area (Å²) in [6.45, 7) is 5.76. The third-order valence-corrected chi connectivity index (χ3v) is 4.87. The summed E-state index contributed by atoms with van der Waals surface area (Å²) in [6.07, 6.45) is 4.23. The minimum absolute atomic E-state index is 0.0619. The molecule has 29 heavy (non-hydrogen) atoms. The summed E-state index contributed by atoms with van der Waals surface area (Å²) in [6, 6.07) is 9.34. The largest absolute Gasteiger partial charge is 0.496 e. The number of benzene rings is 2. The van der Waals surface area contributed by atoms with Gasteiger partial charge in [0.05, 0.1) is 7.11 Å². The molecule has 152 valence electrons. The Morgan fingerprint density at radius 1 is 1.17 bits per heavy atom. The van der Waals surface area contributed by atoms with Crippen LogP contribution in [0.25, 0.3) is 11.3 Å². The van der Waals surface area contributed by atoms with Gasteiger partial charge >= 0.3 is 0 Å². The van der Waals surface area contributed by atoms with Gasteiger partial charge in [0.2, 0.25) is 0 Å². The van der Waals surface area contributed by atoms with Crippen LogP contribution in [0, 0.1) is 5.82 Å². The first-order valence-electron chi connectivity index (χ1n) is 9.50. The highest BCUT2D eigenvalue weighted by Gasteiger charge is 2.29. The molecular weight excluding hydrogens is 369 g/mol. The van der Waals surface area contributed by atoms with Crippen molar-refractivity contribution in [3.05, 3.63) is 75.6 Å². The third-order valence-electron chi connectivity index (χ3n) is 4.87. The van der Waals surface area contributed by atoms with E-state index >= 15 is 4.39 Å². The lowest BCUT2D eigenvalue weighted by molar-refractivity contribution is 0.383. The van der Waals surface area contributed by atoms with Crippen molar-refractivity contribution < 1.29 is 9.13 Å². The number of nitrogens with zero attached hydrogens (tertiary/aromatic N) is 1. The number of nitrogens with two attached hydrogens (primary N) is 1. The number of H-pyrrole nitrogens is 1. The van der Waals surface area contributed by atoms with Crippen molar-refractivity contribution in [2.75, 3.05) is 12.8 Å². The number of ether oxygens (including phenoxy) is 1. The van der Waals surface area contributed by atoms with E-state index in [1.165, 1.54) is 12.4 Å². The van der Waals surface area contributed by atoms with Gasteiger partial charge in [-0.05, 0) is 47.6 Å². The SMILES string of the molecule is COc1c(CCc2ccc(N)cc2)cc(-c2ncc[nH]c2=O)c(F)c1C(C)(C)C. The zero-order chi connectivity index (χ0) is 21.2. The first kappa shape index (κ1) is 20.6. The van der Waals surface area contributed by atoms with E-state index in [0.717, 1.165) is 17.5 Å². The van der Waals surface area contributed by atoms with Gasteiger partial charge in [-0.25, -0.2) is 9.37 Å². The number of nitrogens with one attached hydrogen (secondary N) is 1. The Morgan fingerprint density at radius 3 is 2.45 bits per heavy atom. The number of rotatable bonds is 5. The molecule has 0 saturated carbocycles. The number of methoxy groups -OCH3 is 1. The molecule has 0 atom stereocenters. The average Bonchev–Trinajstić information content (AvgIpc) is 2.67. The van der Waals surface area contributed by atoms with Crippen LogP contribution >= 0.6 is 0 Å². The standard InChI is InChI=1S/C23H26FN3O2/c1-23(2,3)18-19(24)17(20-22(28)27-12-11-26-20)13-15(21(18)29-4)8-5-14-6-9-16(25)10-7-14/h6-7,9-13H,5,8,25H2,1-4H3,(H,27,28). The summed E-state index contributed by atoms with van der Waals surface area (Å²) >= 11 is 0. The quantitative estimate of drug-likeness (QED) is 0.633. The number of aromatic amines is 1. The maximum Gasteiger partial charge on any atom is 0.274 e. The predicted octanol–water partition coefficient (Wildman–Crippen LogP) is 4.25. The van der Waals surface area contributed by atoms with E-state index in [1.54, 1.807) is 13.2 Å². The fourth-order valence-electron chi connectivity index (χ4n) is 3.47. The second-order valence-corrected chi connectivity index (χ2v) is 8.06. The van der Waals surface area contributed by atoms with Crippen LogP contribution in [0.5, 0.6) is 5.75 Å². The molecule has 0 saturated heterocycles. The van der Waals surface area contributed by atoms with Gasteiger partial charge in [0, 0.05) is 29.2 Å². The normalized spacial score (nSPS) is 11.5. The minimum Gasteiger partial charge on any atom is -0.496 e. The molecule has 0 unspecified atom stereocenters. The van der Waals surface area contributed by atoms with Gasteiger partial charge in [0.1, 0.15) is 17.3 Å². The summed E-state index contributed by atoms with van der Waals surface area (Å²) in [5.74, 6) is 0.0383. The summed E-state index contributed by atoms with van der Waals surface area (Å²) in [5.41, 5.74) is 8.14. The van der Waals surface area contributed by atoms with Gasteiger partial charge in [0.15, 0.2) is 0 Å². The lowest BCUT2D eigenvalue weighted by Crippen LogP contribution is -2.19. The predicted molar refractivity (Wildman–Crippen MR) is 114 cm³/mol. The van der Waals surface area contributed by atoms with E-state index in [2.05, 4.69) is 9.97 Å². The summed E-state index contributed by atoms with van der Waals surface area (Å²) in [7, 11) is 1.55. The molecule has 3 N–H and O–H groups in total. The zero-order valence-electron chi connectivity index (χ0n) is 17.2. The van der Waals surface area contributed by atoms with E-state index < -0.39 is 16.8 Å². The molecule has 1 heterocycles. The Hall–Kier alpha value is -3.15. The zero-order valence-corrected chi connectivity index (χ0v) is 17.2. The average molecular weight is 395 g/mol. The smallest absolute Gasteiger partial charge is 0.274 e. The van der Waals surface area contributed by atoms with E-state index in [4.69, 9.17) is 10.5 Å². The molecule has 0 aliphatic heterocycles. The molecule has 0 aliphatic rings. The molecule has 0 fully saturated rings. The summed E-state index contributed by atoms with van der Waals surface area (Å²) in [5, 5.41) is 0. The lowest BCUT2D eigenvalue weighted by Gasteiger charge is -2.26. The Labute approximate surface area is 169 Å². The van der Waals surface area contributed by atoms with Crippen LogP contribution in [0.15, 0.2) is 47.5 Å². The van der Waals surface area contributed by atoms with Gasteiger partial charge in [-0.2, -0.15) is 0 Å². The first-order valence-corrected chi connectivity index (χ1v) is 9.50. The number of aryl methyl sites for hydroxylation is 2. The highest BCUT2D eigenvalue weighted by atomic mass is 19.1. The van der Waals surface area contributed by atoms with Gasteiger partial charge in [-0.3, -0.25) is 4.79 Å². The maximum atomic E-state index is 15.6. The molecule has 6 heteroatoms. The highest BCUT2D eigenvalue weighted by Crippen LogP contribution is 2.40. The fraction of sp³-hybridized carbons (Fsp3) is 0.304. The van der Waals surface area contributed by atoms with Crippen LogP contribution in [0.4, 0.5) is 10.1 Å². The van der Waals surface area contributed by atoms with Crippen LogP contribution in [0.2, 0.25) is 0 Å². The molecule has 0 amide bonds. The number of hydrogen-bond donors (Lipinski definition) is 2. The fourth-order valence-corrected chi connectivity index (χ4v) is 3.47. The van der Waals surface area contributed by atoms with Crippen molar-refractivity contribution in [2.24, 2.45) is 0 Å². The molecule has 1 aromatic heterocycles. The number of hydrogen-bond acceptors (Lipinski definition) is 4. The molecule has 2 aromatic carbocycles. The summed E-state index contributed by atoms with van der Waals surface area (Å²) in [4.78, 5) is 19.0.